The molecule has 2 rings (SSSR count). The van der Waals surface area contributed by atoms with Gasteiger partial charge >= 0.3 is 0 Å². The first-order valence-corrected chi connectivity index (χ1v) is 6.47. The minimum absolute atomic E-state index is 0.219. The van der Waals surface area contributed by atoms with Crippen molar-refractivity contribution in [2.45, 2.75) is 39.2 Å². The summed E-state index contributed by atoms with van der Waals surface area (Å²) in [4.78, 5) is 8.00. The smallest absolute Gasteiger partial charge is 0.223 e. The van der Waals surface area contributed by atoms with Gasteiger partial charge in [-0.15, -0.1) is 0 Å². The summed E-state index contributed by atoms with van der Waals surface area (Å²) in [6.07, 6.45) is 3.66. The van der Waals surface area contributed by atoms with Crippen molar-refractivity contribution in [3.63, 3.8) is 0 Å². The van der Waals surface area contributed by atoms with Crippen molar-refractivity contribution in [2.75, 3.05) is 11.1 Å². The summed E-state index contributed by atoms with van der Waals surface area (Å²) in [5.74, 6) is 2.46. The molecule has 1 fully saturated rings. The lowest BCUT2D eigenvalue weighted by molar-refractivity contribution is 0.280. The highest BCUT2D eigenvalue weighted by Gasteiger charge is 2.24. The van der Waals surface area contributed by atoms with E-state index in [2.05, 4.69) is 29.1 Å². The molecule has 1 aliphatic rings. The fraction of sp³-hybridized carbons (Fsp3) is 0.667. The van der Waals surface area contributed by atoms with Crippen molar-refractivity contribution in [1.82, 2.24) is 9.97 Å². The third-order valence-corrected chi connectivity index (χ3v) is 3.44. The molecule has 4 nitrogen and oxygen atoms in total. The Kier molecular flexibility index (Phi) is 3.72. The number of rotatable bonds is 2. The van der Waals surface area contributed by atoms with Crippen LogP contribution in [-0.2, 0) is 0 Å². The topological polar surface area (TPSA) is 63.8 Å². The van der Waals surface area contributed by atoms with Crippen LogP contribution in [0.2, 0.25) is 5.15 Å². The van der Waals surface area contributed by atoms with Crippen LogP contribution in [0, 0.1) is 11.8 Å². The predicted molar refractivity (Wildman–Crippen MR) is 71.0 cm³/mol. The molecule has 1 aromatic heterocycles. The lowest BCUT2D eigenvalue weighted by Crippen LogP contribution is -2.30. The SMILES string of the molecule is CC1CC(C)CC(Nc2cc(Cl)nc(N)n2)C1. The zero-order valence-electron chi connectivity index (χ0n) is 10.3. The number of anilines is 2. The number of hydrogen-bond acceptors (Lipinski definition) is 4. The normalized spacial score (nSPS) is 29.0. The van der Waals surface area contributed by atoms with Gasteiger partial charge in [0.15, 0.2) is 0 Å². The van der Waals surface area contributed by atoms with Gasteiger partial charge in [0.05, 0.1) is 0 Å². The zero-order valence-corrected chi connectivity index (χ0v) is 11.0. The van der Waals surface area contributed by atoms with Crippen molar-refractivity contribution < 1.29 is 0 Å². The van der Waals surface area contributed by atoms with Crippen molar-refractivity contribution in [2.24, 2.45) is 11.8 Å². The summed E-state index contributed by atoms with van der Waals surface area (Å²) in [7, 11) is 0. The summed E-state index contributed by atoms with van der Waals surface area (Å²) in [5, 5.41) is 3.79. The largest absolute Gasteiger partial charge is 0.368 e. The maximum Gasteiger partial charge on any atom is 0.223 e. The minimum atomic E-state index is 0.219. The van der Waals surface area contributed by atoms with Crippen LogP contribution >= 0.6 is 11.6 Å². The summed E-state index contributed by atoms with van der Waals surface area (Å²) in [5.41, 5.74) is 5.57. The Labute approximate surface area is 107 Å². The van der Waals surface area contributed by atoms with Crippen LogP contribution in [0.1, 0.15) is 33.1 Å². The zero-order chi connectivity index (χ0) is 12.4. The Morgan fingerprint density at radius 2 is 1.88 bits per heavy atom. The molecule has 0 aromatic carbocycles. The number of halogens is 1. The van der Waals surface area contributed by atoms with Gasteiger partial charge in [-0.2, -0.15) is 4.98 Å². The van der Waals surface area contributed by atoms with E-state index in [1.54, 1.807) is 6.07 Å². The second kappa shape index (κ2) is 5.08. The summed E-state index contributed by atoms with van der Waals surface area (Å²) < 4.78 is 0. The molecule has 3 N–H and O–H groups in total. The highest BCUT2D eigenvalue weighted by atomic mass is 35.5. The lowest BCUT2D eigenvalue weighted by atomic mass is 9.80. The second-order valence-corrected chi connectivity index (χ2v) is 5.58. The quantitative estimate of drug-likeness (QED) is 0.797. The van der Waals surface area contributed by atoms with Crippen molar-refractivity contribution in [3.8, 4) is 0 Å². The molecular weight excluding hydrogens is 236 g/mol. The molecule has 1 heterocycles. The van der Waals surface area contributed by atoms with Crippen LogP contribution < -0.4 is 11.1 Å². The van der Waals surface area contributed by atoms with E-state index in [0.29, 0.717) is 11.2 Å². The Morgan fingerprint density at radius 1 is 1.24 bits per heavy atom. The van der Waals surface area contributed by atoms with Crippen LogP contribution in [0.3, 0.4) is 0 Å². The molecule has 2 atom stereocenters. The van der Waals surface area contributed by atoms with Crippen LogP contribution in [-0.4, -0.2) is 16.0 Å². The maximum atomic E-state index is 5.85. The number of nitrogens with two attached hydrogens (primary N) is 1. The van der Waals surface area contributed by atoms with E-state index in [9.17, 15) is 0 Å². The van der Waals surface area contributed by atoms with Gasteiger partial charge in [0.2, 0.25) is 5.95 Å². The van der Waals surface area contributed by atoms with Crippen molar-refractivity contribution in [3.05, 3.63) is 11.2 Å². The Bertz CT molecular complexity index is 366. The van der Waals surface area contributed by atoms with E-state index in [-0.39, 0.29) is 5.95 Å². The number of nitrogens with zero attached hydrogens (tertiary/aromatic N) is 2. The van der Waals surface area contributed by atoms with Crippen LogP contribution in [0.4, 0.5) is 11.8 Å². The van der Waals surface area contributed by atoms with E-state index >= 15 is 0 Å². The highest BCUT2D eigenvalue weighted by Crippen LogP contribution is 2.30. The molecule has 5 heteroatoms. The van der Waals surface area contributed by atoms with E-state index in [1.165, 1.54) is 19.3 Å². The number of nitrogen functional groups attached to an aromatic ring is 1. The molecular formula is C12H19ClN4. The molecule has 1 aromatic rings. The minimum Gasteiger partial charge on any atom is -0.368 e. The van der Waals surface area contributed by atoms with Crippen LogP contribution in [0.5, 0.6) is 0 Å². The molecule has 17 heavy (non-hydrogen) atoms. The lowest BCUT2D eigenvalue weighted by Gasteiger charge is -2.32. The van der Waals surface area contributed by atoms with Crippen LogP contribution in [0.25, 0.3) is 0 Å². The van der Waals surface area contributed by atoms with Gasteiger partial charge in [-0.05, 0) is 31.1 Å². The first-order chi connectivity index (χ1) is 8.02. The summed E-state index contributed by atoms with van der Waals surface area (Å²) in [6.45, 7) is 4.59. The third kappa shape index (κ3) is 3.46. The number of aromatic nitrogens is 2. The molecule has 0 aliphatic heterocycles. The van der Waals surface area contributed by atoms with Crippen molar-refractivity contribution >= 4 is 23.4 Å². The average molecular weight is 255 g/mol. The van der Waals surface area contributed by atoms with Gasteiger partial charge < -0.3 is 11.1 Å². The average Bonchev–Trinajstić information content (AvgIpc) is 2.13. The number of hydrogen-bond donors (Lipinski definition) is 2. The van der Waals surface area contributed by atoms with E-state index in [1.807, 2.05) is 0 Å². The van der Waals surface area contributed by atoms with Gasteiger partial charge in [-0.25, -0.2) is 4.98 Å². The molecule has 1 saturated carbocycles. The number of nitrogens with one attached hydrogen (secondary N) is 1. The standard InChI is InChI=1S/C12H19ClN4/c1-7-3-8(2)5-9(4-7)15-11-6-10(13)16-12(14)17-11/h6-9H,3-5H2,1-2H3,(H3,14,15,16,17). The Hall–Kier alpha value is -1.03. The molecule has 2 unspecified atom stereocenters. The molecule has 1 aliphatic carbocycles. The Morgan fingerprint density at radius 3 is 2.47 bits per heavy atom. The van der Waals surface area contributed by atoms with Gasteiger partial charge in [0, 0.05) is 12.1 Å². The fourth-order valence-corrected chi connectivity index (χ4v) is 2.97. The predicted octanol–water partition coefficient (Wildman–Crippen LogP) is 2.95. The second-order valence-electron chi connectivity index (χ2n) is 5.19. The first kappa shape index (κ1) is 12.4. The third-order valence-electron chi connectivity index (χ3n) is 3.24. The van der Waals surface area contributed by atoms with Gasteiger partial charge in [-0.1, -0.05) is 25.4 Å². The summed E-state index contributed by atoms with van der Waals surface area (Å²) in [6, 6.07) is 2.18. The molecule has 0 radical (unpaired) electrons. The van der Waals surface area contributed by atoms with E-state index < -0.39 is 0 Å². The monoisotopic (exact) mass is 254 g/mol. The van der Waals surface area contributed by atoms with Gasteiger partial charge in [0.1, 0.15) is 11.0 Å². The molecule has 0 saturated heterocycles. The highest BCUT2D eigenvalue weighted by molar-refractivity contribution is 6.29. The molecule has 0 amide bonds. The van der Waals surface area contributed by atoms with E-state index in [0.717, 1.165) is 17.7 Å². The molecule has 0 spiro atoms. The fourth-order valence-electron chi connectivity index (χ4n) is 2.78. The maximum absolute atomic E-state index is 5.85. The summed E-state index contributed by atoms with van der Waals surface area (Å²) >= 11 is 5.85. The van der Waals surface area contributed by atoms with Crippen LogP contribution in [0.15, 0.2) is 6.07 Å². The van der Waals surface area contributed by atoms with Gasteiger partial charge in [-0.3, -0.25) is 0 Å². The first-order valence-electron chi connectivity index (χ1n) is 6.09. The van der Waals surface area contributed by atoms with Gasteiger partial charge in [0.25, 0.3) is 0 Å². The molecule has 94 valence electrons. The van der Waals surface area contributed by atoms with Crippen molar-refractivity contribution in [1.29, 1.82) is 0 Å². The van der Waals surface area contributed by atoms with E-state index in [4.69, 9.17) is 17.3 Å². The Balaban J connectivity index is 2.04. The molecule has 0 bridgehead atoms.